The van der Waals surface area contributed by atoms with E-state index < -0.39 is 15.9 Å². The number of rotatable bonds is 5. The van der Waals surface area contributed by atoms with E-state index in [0.717, 1.165) is 0 Å². The molecule has 1 heterocycles. The molecular weight excluding hydrogens is 294 g/mol. The molecule has 112 valence electrons. The number of primary amides is 1. The van der Waals surface area contributed by atoms with E-state index in [-0.39, 0.29) is 22.7 Å². The van der Waals surface area contributed by atoms with Crippen molar-refractivity contribution in [1.82, 2.24) is 14.5 Å². The maximum Gasteiger partial charge on any atom is 0.248 e. The molecule has 21 heavy (non-hydrogen) atoms. The van der Waals surface area contributed by atoms with E-state index in [0.29, 0.717) is 5.56 Å². The molecule has 0 aliphatic heterocycles. The molecular formula is C12H15N5O3S. The summed E-state index contributed by atoms with van der Waals surface area (Å²) >= 11 is 0. The van der Waals surface area contributed by atoms with E-state index in [1.54, 1.807) is 24.1 Å². The van der Waals surface area contributed by atoms with Crippen molar-refractivity contribution in [2.24, 2.45) is 12.8 Å². The molecule has 9 heteroatoms. The fourth-order valence-electron chi connectivity index (χ4n) is 1.77. The number of nitrogens with zero attached hydrogens (tertiary/aromatic N) is 2. The quantitative estimate of drug-likeness (QED) is 0.645. The van der Waals surface area contributed by atoms with Crippen LogP contribution in [-0.4, -0.2) is 24.1 Å². The molecule has 0 fully saturated rings. The van der Waals surface area contributed by atoms with Crippen LogP contribution in [0.15, 0.2) is 35.5 Å². The third kappa shape index (κ3) is 3.38. The molecule has 0 atom stereocenters. The predicted molar refractivity (Wildman–Crippen MR) is 76.6 cm³/mol. The van der Waals surface area contributed by atoms with E-state index in [4.69, 9.17) is 11.5 Å². The fraction of sp³-hybridized carbons (Fsp3) is 0.167. The Morgan fingerprint density at radius 3 is 2.67 bits per heavy atom. The first-order chi connectivity index (χ1) is 9.79. The third-order valence-electron chi connectivity index (χ3n) is 2.81. The maximum absolute atomic E-state index is 12.2. The van der Waals surface area contributed by atoms with Gasteiger partial charge in [-0.2, -0.15) is 5.10 Å². The molecule has 0 aliphatic carbocycles. The second-order valence-electron chi connectivity index (χ2n) is 4.46. The van der Waals surface area contributed by atoms with E-state index in [2.05, 4.69) is 9.82 Å². The van der Waals surface area contributed by atoms with Gasteiger partial charge in [0.1, 0.15) is 4.90 Å². The molecule has 8 nitrogen and oxygen atoms in total. The topological polar surface area (TPSA) is 133 Å². The van der Waals surface area contributed by atoms with Crippen LogP contribution in [-0.2, 0) is 23.6 Å². The Balaban J connectivity index is 2.21. The van der Waals surface area contributed by atoms with Gasteiger partial charge < -0.3 is 11.5 Å². The first-order valence-electron chi connectivity index (χ1n) is 5.96. The number of amides is 1. The monoisotopic (exact) mass is 309 g/mol. The van der Waals surface area contributed by atoms with Crippen molar-refractivity contribution in [2.45, 2.75) is 11.4 Å². The molecule has 1 aromatic carbocycles. The van der Waals surface area contributed by atoms with Gasteiger partial charge >= 0.3 is 0 Å². The zero-order valence-electron chi connectivity index (χ0n) is 11.3. The van der Waals surface area contributed by atoms with Gasteiger partial charge in [-0.15, -0.1) is 0 Å². The summed E-state index contributed by atoms with van der Waals surface area (Å²) in [5.74, 6) is -0.672. The number of hydrogen-bond acceptors (Lipinski definition) is 5. The third-order valence-corrected chi connectivity index (χ3v) is 4.28. The van der Waals surface area contributed by atoms with E-state index in [1.807, 2.05) is 0 Å². The van der Waals surface area contributed by atoms with E-state index >= 15 is 0 Å². The van der Waals surface area contributed by atoms with Gasteiger partial charge in [-0.25, -0.2) is 13.1 Å². The van der Waals surface area contributed by atoms with Crippen molar-refractivity contribution < 1.29 is 13.2 Å². The summed E-state index contributed by atoms with van der Waals surface area (Å²) < 4.78 is 28.3. The summed E-state index contributed by atoms with van der Waals surface area (Å²) in [6.45, 7) is 0.0905. The van der Waals surface area contributed by atoms with Crippen molar-refractivity contribution in [1.29, 1.82) is 0 Å². The Bertz CT molecular complexity index is 782. The van der Waals surface area contributed by atoms with Gasteiger partial charge in [-0.05, 0) is 18.2 Å². The van der Waals surface area contributed by atoms with Crippen LogP contribution in [0.3, 0.4) is 0 Å². The average molecular weight is 309 g/mol. The lowest BCUT2D eigenvalue weighted by Crippen LogP contribution is -2.24. The second-order valence-corrected chi connectivity index (χ2v) is 6.20. The Hall–Kier alpha value is -2.39. The minimum atomic E-state index is -3.79. The SMILES string of the molecule is Cn1cc(CNS(=O)(=O)c2ccc(C(N)=O)cc2N)cn1. The standard InChI is InChI=1S/C12H15N5O3S/c1-17-7-8(5-15-17)6-16-21(19,20)11-3-2-9(12(14)18)4-10(11)13/h2-5,7,16H,6,13H2,1H3,(H2,14,18). The van der Waals surface area contributed by atoms with Gasteiger partial charge in [0.15, 0.2) is 0 Å². The summed E-state index contributed by atoms with van der Waals surface area (Å²) in [5, 5.41) is 3.94. The molecule has 0 unspecified atom stereocenters. The van der Waals surface area contributed by atoms with Crippen LogP contribution in [0.5, 0.6) is 0 Å². The first kappa shape index (κ1) is 15.0. The van der Waals surface area contributed by atoms with Gasteiger partial charge in [-0.3, -0.25) is 9.48 Å². The first-order valence-corrected chi connectivity index (χ1v) is 7.44. The predicted octanol–water partition coefficient (Wildman–Crippen LogP) is -0.420. The van der Waals surface area contributed by atoms with Crippen molar-refractivity contribution >= 4 is 21.6 Å². The lowest BCUT2D eigenvalue weighted by molar-refractivity contribution is 0.1000. The highest BCUT2D eigenvalue weighted by Gasteiger charge is 2.18. The number of aryl methyl sites for hydroxylation is 1. The zero-order chi connectivity index (χ0) is 15.6. The van der Waals surface area contributed by atoms with Crippen molar-refractivity contribution in [3.05, 3.63) is 41.7 Å². The van der Waals surface area contributed by atoms with E-state index in [1.165, 1.54) is 18.2 Å². The highest BCUT2D eigenvalue weighted by molar-refractivity contribution is 7.89. The molecule has 0 saturated carbocycles. The van der Waals surface area contributed by atoms with Gasteiger partial charge in [-0.1, -0.05) is 0 Å². The largest absolute Gasteiger partial charge is 0.398 e. The molecule has 5 N–H and O–H groups in total. The maximum atomic E-state index is 12.2. The number of nitrogens with two attached hydrogens (primary N) is 2. The minimum absolute atomic E-state index is 0.0370. The average Bonchev–Trinajstić information content (AvgIpc) is 2.82. The molecule has 0 spiro atoms. The molecule has 0 bridgehead atoms. The Morgan fingerprint density at radius 2 is 2.14 bits per heavy atom. The minimum Gasteiger partial charge on any atom is -0.398 e. The summed E-state index contributed by atoms with van der Waals surface area (Å²) in [4.78, 5) is 10.9. The molecule has 0 saturated heterocycles. The van der Waals surface area contributed by atoms with Crippen LogP contribution >= 0.6 is 0 Å². The molecule has 2 aromatic rings. The molecule has 1 aromatic heterocycles. The van der Waals surface area contributed by atoms with Crippen LogP contribution in [0.2, 0.25) is 0 Å². The summed E-state index contributed by atoms with van der Waals surface area (Å²) in [6.07, 6.45) is 3.25. The molecule has 2 rings (SSSR count). The summed E-state index contributed by atoms with van der Waals surface area (Å²) in [5.41, 5.74) is 11.6. The number of anilines is 1. The Kier molecular flexibility index (Phi) is 3.96. The molecule has 1 amide bonds. The number of carbonyl (C=O) groups is 1. The fourth-order valence-corrected chi connectivity index (χ4v) is 2.89. The van der Waals surface area contributed by atoms with Crippen LogP contribution in [0.1, 0.15) is 15.9 Å². The normalized spacial score (nSPS) is 11.5. The lowest BCUT2D eigenvalue weighted by Gasteiger charge is -2.09. The highest BCUT2D eigenvalue weighted by Crippen LogP contribution is 2.19. The highest BCUT2D eigenvalue weighted by atomic mass is 32.2. The summed E-state index contributed by atoms with van der Waals surface area (Å²) in [7, 11) is -2.05. The zero-order valence-corrected chi connectivity index (χ0v) is 12.1. The number of benzene rings is 1. The van der Waals surface area contributed by atoms with Crippen molar-refractivity contribution in [2.75, 3.05) is 5.73 Å². The van der Waals surface area contributed by atoms with Gasteiger partial charge in [0, 0.05) is 30.9 Å². The van der Waals surface area contributed by atoms with Crippen LogP contribution in [0.4, 0.5) is 5.69 Å². The lowest BCUT2D eigenvalue weighted by atomic mass is 10.2. The van der Waals surface area contributed by atoms with E-state index in [9.17, 15) is 13.2 Å². The number of nitrogens with one attached hydrogen (secondary N) is 1. The number of hydrogen-bond donors (Lipinski definition) is 3. The second kappa shape index (κ2) is 5.54. The van der Waals surface area contributed by atoms with Gasteiger partial charge in [0.25, 0.3) is 0 Å². The van der Waals surface area contributed by atoms with Gasteiger partial charge in [0.2, 0.25) is 15.9 Å². The molecule has 0 aliphatic rings. The number of carbonyl (C=O) groups excluding carboxylic acids is 1. The number of nitrogen functional groups attached to an aromatic ring is 1. The van der Waals surface area contributed by atoms with Crippen molar-refractivity contribution in [3.63, 3.8) is 0 Å². The summed E-state index contributed by atoms with van der Waals surface area (Å²) in [6, 6.07) is 3.80. The van der Waals surface area contributed by atoms with Crippen molar-refractivity contribution in [3.8, 4) is 0 Å². The molecule has 0 radical (unpaired) electrons. The smallest absolute Gasteiger partial charge is 0.248 e. The Morgan fingerprint density at radius 1 is 1.43 bits per heavy atom. The number of aromatic nitrogens is 2. The van der Waals surface area contributed by atoms with Crippen LogP contribution in [0, 0.1) is 0 Å². The van der Waals surface area contributed by atoms with Crippen LogP contribution in [0.25, 0.3) is 0 Å². The Labute approximate surface area is 121 Å². The number of sulfonamides is 1. The van der Waals surface area contributed by atoms with Crippen LogP contribution < -0.4 is 16.2 Å². The van der Waals surface area contributed by atoms with Gasteiger partial charge in [0.05, 0.1) is 11.9 Å².